The summed E-state index contributed by atoms with van der Waals surface area (Å²) in [6.45, 7) is 8.92. The van der Waals surface area contributed by atoms with Crippen molar-refractivity contribution >= 4 is 17.3 Å². The standard InChI is InChI=1S/C22H30N4O2/c1-17-6-4-7-21(18(17)2)25-11-13-26(14-12-25)22(27)20-16-19(8-10-24-20)23-9-5-15-28-3/h4,6-8,10,16H,5,9,11-15H2,1-3H3,(H,23,24). The van der Waals surface area contributed by atoms with Crippen LogP contribution in [-0.4, -0.2) is 62.2 Å². The molecule has 150 valence electrons. The zero-order valence-corrected chi connectivity index (χ0v) is 17.1. The maximum Gasteiger partial charge on any atom is 0.272 e. The maximum atomic E-state index is 12.9. The number of amides is 1. The molecule has 1 fully saturated rings. The number of aromatic nitrogens is 1. The summed E-state index contributed by atoms with van der Waals surface area (Å²) in [4.78, 5) is 21.5. The molecule has 0 radical (unpaired) electrons. The van der Waals surface area contributed by atoms with Gasteiger partial charge in [-0.05, 0) is 49.6 Å². The predicted octanol–water partition coefficient (Wildman–Crippen LogP) is 3.11. The van der Waals surface area contributed by atoms with Crippen molar-refractivity contribution in [2.45, 2.75) is 20.3 Å². The van der Waals surface area contributed by atoms with Crippen LogP contribution in [0.4, 0.5) is 11.4 Å². The van der Waals surface area contributed by atoms with Crippen LogP contribution in [0, 0.1) is 13.8 Å². The van der Waals surface area contributed by atoms with E-state index < -0.39 is 0 Å². The number of aryl methyl sites for hydroxylation is 1. The summed E-state index contributed by atoms with van der Waals surface area (Å²) in [6, 6.07) is 10.1. The minimum atomic E-state index is 0.00107. The Morgan fingerprint density at radius 1 is 1.18 bits per heavy atom. The van der Waals surface area contributed by atoms with E-state index in [2.05, 4.69) is 47.2 Å². The first-order valence-corrected chi connectivity index (χ1v) is 9.89. The molecule has 6 nitrogen and oxygen atoms in total. The summed E-state index contributed by atoms with van der Waals surface area (Å²) in [6.07, 6.45) is 2.61. The Morgan fingerprint density at radius 3 is 2.71 bits per heavy atom. The van der Waals surface area contributed by atoms with E-state index in [9.17, 15) is 4.79 Å². The number of carbonyl (C=O) groups is 1. The molecule has 1 N–H and O–H groups in total. The number of anilines is 2. The normalized spacial score (nSPS) is 14.2. The highest BCUT2D eigenvalue weighted by atomic mass is 16.5. The van der Waals surface area contributed by atoms with Gasteiger partial charge in [-0.3, -0.25) is 9.78 Å². The highest BCUT2D eigenvalue weighted by molar-refractivity contribution is 5.93. The summed E-state index contributed by atoms with van der Waals surface area (Å²) in [7, 11) is 1.70. The highest BCUT2D eigenvalue weighted by Crippen LogP contribution is 2.24. The average Bonchev–Trinajstić information content (AvgIpc) is 2.73. The van der Waals surface area contributed by atoms with Crippen LogP contribution in [0.2, 0.25) is 0 Å². The molecule has 1 aromatic heterocycles. The molecule has 2 aromatic rings. The molecule has 1 saturated heterocycles. The van der Waals surface area contributed by atoms with Crippen molar-refractivity contribution in [1.82, 2.24) is 9.88 Å². The fourth-order valence-electron chi connectivity index (χ4n) is 3.50. The van der Waals surface area contributed by atoms with E-state index >= 15 is 0 Å². The van der Waals surface area contributed by atoms with Gasteiger partial charge in [0, 0.05) is 64.0 Å². The van der Waals surface area contributed by atoms with Crippen molar-refractivity contribution in [3.63, 3.8) is 0 Å². The molecule has 1 aliphatic heterocycles. The second-order valence-corrected chi connectivity index (χ2v) is 7.20. The first-order valence-electron chi connectivity index (χ1n) is 9.89. The van der Waals surface area contributed by atoms with Gasteiger partial charge in [0.15, 0.2) is 0 Å². The lowest BCUT2D eigenvalue weighted by atomic mass is 10.1. The van der Waals surface area contributed by atoms with Gasteiger partial charge in [0.1, 0.15) is 5.69 Å². The topological polar surface area (TPSA) is 57.7 Å². The molecule has 1 aliphatic rings. The van der Waals surface area contributed by atoms with Gasteiger partial charge in [-0.2, -0.15) is 0 Å². The van der Waals surface area contributed by atoms with Gasteiger partial charge in [-0.15, -0.1) is 0 Å². The number of piperazine rings is 1. The number of nitrogens with one attached hydrogen (secondary N) is 1. The molecule has 6 heteroatoms. The zero-order valence-electron chi connectivity index (χ0n) is 17.1. The van der Waals surface area contributed by atoms with Crippen molar-refractivity contribution < 1.29 is 9.53 Å². The van der Waals surface area contributed by atoms with Gasteiger partial charge < -0.3 is 19.9 Å². The number of ether oxygens (including phenoxy) is 1. The number of rotatable bonds is 7. The first kappa shape index (κ1) is 20.1. The third kappa shape index (κ3) is 4.81. The number of hydrogen-bond donors (Lipinski definition) is 1. The molecular formula is C22H30N4O2. The Labute approximate surface area is 167 Å². The van der Waals surface area contributed by atoms with E-state index in [0.717, 1.165) is 31.7 Å². The second kappa shape index (κ2) is 9.55. The minimum Gasteiger partial charge on any atom is -0.385 e. The molecule has 28 heavy (non-hydrogen) atoms. The molecule has 2 heterocycles. The quantitative estimate of drug-likeness (QED) is 0.746. The molecule has 3 rings (SSSR count). The van der Waals surface area contributed by atoms with Crippen LogP contribution in [0.3, 0.4) is 0 Å². The Balaban J connectivity index is 1.58. The summed E-state index contributed by atoms with van der Waals surface area (Å²) >= 11 is 0. The average molecular weight is 383 g/mol. The van der Waals surface area contributed by atoms with E-state index in [1.165, 1.54) is 16.8 Å². The number of hydrogen-bond acceptors (Lipinski definition) is 5. The lowest BCUT2D eigenvalue weighted by Gasteiger charge is -2.37. The second-order valence-electron chi connectivity index (χ2n) is 7.20. The van der Waals surface area contributed by atoms with Crippen molar-refractivity contribution in [3.05, 3.63) is 53.3 Å². The Kier molecular flexibility index (Phi) is 6.87. The fourth-order valence-corrected chi connectivity index (χ4v) is 3.50. The summed E-state index contributed by atoms with van der Waals surface area (Å²) < 4.78 is 5.06. The van der Waals surface area contributed by atoms with Crippen LogP contribution in [-0.2, 0) is 4.74 Å². The largest absolute Gasteiger partial charge is 0.385 e. The van der Waals surface area contributed by atoms with Crippen LogP contribution < -0.4 is 10.2 Å². The third-order valence-corrected chi connectivity index (χ3v) is 5.32. The van der Waals surface area contributed by atoms with Crippen LogP contribution in [0.15, 0.2) is 36.5 Å². The van der Waals surface area contributed by atoms with Gasteiger partial charge in [0.2, 0.25) is 0 Å². The Morgan fingerprint density at radius 2 is 1.96 bits per heavy atom. The molecule has 0 saturated carbocycles. The van der Waals surface area contributed by atoms with Crippen molar-refractivity contribution in [1.29, 1.82) is 0 Å². The molecule has 1 amide bonds. The zero-order chi connectivity index (χ0) is 19.9. The smallest absolute Gasteiger partial charge is 0.272 e. The van der Waals surface area contributed by atoms with Crippen LogP contribution in [0.1, 0.15) is 28.0 Å². The number of methoxy groups -OCH3 is 1. The molecule has 0 bridgehead atoms. The van der Waals surface area contributed by atoms with E-state index in [1.807, 2.05) is 17.0 Å². The molecule has 0 unspecified atom stereocenters. The van der Waals surface area contributed by atoms with Crippen LogP contribution in [0.5, 0.6) is 0 Å². The lowest BCUT2D eigenvalue weighted by Crippen LogP contribution is -2.49. The van der Waals surface area contributed by atoms with Crippen molar-refractivity contribution in [2.24, 2.45) is 0 Å². The summed E-state index contributed by atoms with van der Waals surface area (Å²) in [5, 5.41) is 3.32. The van der Waals surface area contributed by atoms with Gasteiger partial charge in [-0.1, -0.05) is 12.1 Å². The third-order valence-electron chi connectivity index (χ3n) is 5.32. The Bertz CT molecular complexity index is 801. The van der Waals surface area contributed by atoms with Gasteiger partial charge in [-0.25, -0.2) is 0 Å². The summed E-state index contributed by atoms with van der Waals surface area (Å²) in [5.74, 6) is 0.00107. The number of pyridine rings is 1. The number of nitrogens with zero attached hydrogens (tertiary/aromatic N) is 3. The lowest BCUT2D eigenvalue weighted by molar-refractivity contribution is 0.0741. The number of benzene rings is 1. The summed E-state index contributed by atoms with van der Waals surface area (Å²) in [5.41, 5.74) is 5.30. The monoisotopic (exact) mass is 382 g/mol. The van der Waals surface area contributed by atoms with E-state index in [0.29, 0.717) is 25.4 Å². The molecule has 1 aromatic carbocycles. The van der Waals surface area contributed by atoms with Gasteiger partial charge in [0.25, 0.3) is 5.91 Å². The van der Waals surface area contributed by atoms with E-state index in [1.54, 1.807) is 13.3 Å². The van der Waals surface area contributed by atoms with Crippen molar-refractivity contribution in [2.75, 3.05) is 56.7 Å². The minimum absolute atomic E-state index is 0.00107. The van der Waals surface area contributed by atoms with Gasteiger partial charge >= 0.3 is 0 Å². The van der Waals surface area contributed by atoms with E-state index in [-0.39, 0.29) is 5.91 Å². The SMILES string of the molecule is COCCCNc1ccnc(C(=O)N2CCN(c3cccc(C)c3C)CC2)c1. The fraction of sp³-hybridized carbons (Fsp3) is 0.455. The van der Waals surface area contributed by atoms with E-state index in [4.69, 9.17) is 4.74 Å². The first-order chi connectivity index (χ1) is 13.6. The molecule has 0 spiro atoms. The van der Waals surface area contributed by atoms with Gasteiger partial charge in [0.05, 0.1) is 0 Å². The molecule has 0 aliphatic carbocycles. The molecule has 0 atom stereocenters. The highest BCUT2D eigenvalue weighted by Gasteiger charge is 2.24. The Hall–Kier alpha value is -2.60. The van der Waals surface area contributed by atoms with Crippen LogP contribution >= 0.6 is 0 Å². The van der Waals surface area contributed by atoms with Crippen LogP contribution in [0.25, 0.3) is 0 Å². The number of carbonyl (C=O) groups excluding carboxylic acids is 1. The molecular weight excluding hydrogens is 352 g/mol. The maximum absolute atomic E-state index is 12.9. The van der Waals surface area contributed by atoms with Crippen molar-refractivity contribution in [3.8, 4) is 0 Å². The predicted molar refractivity (Wildman–Crippen MR) is 113 cm³/mol.